The van der Waals surface area contributed by atoms with Crippen LogP contribution in [-0.2, 0) is 20.7 Å². The number of esters is 1. The van der Waals surface area contributed by atoms with Gasteiger partial charge in [-0.15, -0.1) is 11.8 Å². The van der Waals surface area contributed by atoms with E-state index in [0.717, 1.165) is 54.9 Å². The average molecular weight is 511 g/mol. The fraction of sp³-hybridized carbons (Fsp3) is 0.692. The summed E-state index contributed by atoms with van der Waals surface area (Å²) in [6, 6.07) is 3.45. The van der Waals surface area contributed by atoms with Crippen LogP contribution in [0.25, 0.3) is 0 Å². The maximum Gasteiger partial charge on any atom is 0.306 e. The number of phenolic OH excluding ortho intramolecular Hbond substituents is 1. The molecule has 3 rings (SSSR count). The molecule has 1 saturated carbocycles. The Morgan fingerprint density at radius 1 is 1.32 bits per heavy atom. The molecule has 0 amide bonds. The maximum absolute atomic E-state index is 11.8. The van der Waals surface area contributed by atoms with Gasteiger partial charge in [0.2, 0.25) is 0 Å². The Morgan fingerprint density at radius 3 is 2.88 bits per heavy atom. The molecule has 8 heteroatoms. The van der Waals surface area contributed by atoms with E-state index in [4.69, 9.17) is 14.2 Å². The summed E-state index contributed by atoms with van der Waals surface area (Å²) in [4.78, 5) is 23.4. The number of rotatable bonds is 13. The normalized spacial score (nSPS) is 24.0. The summed E-state index contributed by atoms with van der Waals surface area (Å²) in [6.45, 7) is 6.37. The van der Waals surface area contributed by atoms with Crippen LogP contribution in [0.4, 0.5) is 0 Å². The number of carbonyl (C=O) groups excluding carboxylic acids is 2. The first-order valence-corrected chi connectivity index (χ1v) is 14.5. The minimum absolute atomic E-state index is 0.0578. The van der Waals surface area contributed by atoms with Crippen LogP contribution in [0.3, 0.4) is 0 Å². The first-order chi connectivity index (χ1) is 16.4. The van der Waals surface area contributed by atoms with E-state index in [1.165, 1.54) is 6.92 Å². The van der Waals surface area contributed by atoms with Crippen molar-refractivity contribution in [3.63, 3.8) is 0 Å². The molecular formula is C26H38O6S2. The Morgan fingerprint density at radius 2 is 2.15 bits per heavy atom. The molecule has 0 bridgehead atoms. The number of aromatic hydroxyl groups is 1. The van der Waals surface area contributed by atoms with Crippen LogP contribution in [0.15, 0.2) is 12.1 Å². The van der Waals surface area contributed by atoms with Crippen LogP contribution in [-0.4, -0.2) is 58.4 Å². The smallest absolute Gasteiger partial charge is 0.306 e. The van der Waals surface area contributed by atoms with Gasteiger partial charge in [-0.25, -0.2) is 0 Å². The molecule has 0 radical (unpaired) electrons. The highest BCUT2D eigenvalue weighted by Crippen LogP contribution is 2.51. The van der Waals surface area contributed by atoms with Crippen LogP contribution in [0, 0.1) is 5.92 Å². The first-order valence-electron chi connectivity index (χ1n) is 12.4. The van der Waals surface area contributed by atoms with Gasteiger partial charge >= 0.3 is 5.97 Å². The average Bonchev–Trinajstić information content (AvgIpc) is 3.38. The Bertz CT molecular complexity index is 845. The van der Waals surface area contributed by atoms with Gasteiger partial charge in [0.05, 0.1) is 24.9 Å². The monoisotopic (exact) mass is 510 g/mol. The van der Waals surface area contributed by atoms with E-state index in [-0.39, 0.29) is 28.5 Å². The zero-order valence-electron chi connectivity index (χ0n) is 20.6. The molecule has 1 saturated heterocycles. The summed E-state index contributed by atoms with van der Waals surface area (Å²) in [6.07, 6.45) is 6.21. The number of hydrogen-bond acceptors (Lipinski definition) is 8. The number of carbonyl (C=O) groups is 2. The standard InChI is InChI=1S/C26H38O6S2/c1-4-7-22-23(9-8-21(18(3)27)25(22)29)31-12-6-13-33-16-20-17-34-26(32-20)11-10-19(15-26)14-24(28)30-5-2/h8-9,19-20,29H,4-7,10-17H2,1-3H3. The quantitative estimate of drug-likeness (QED) is 0.208. The molecule has 1 heterocycles. The lowest BCUT2D eigenvalue weighted by Gasteiger charge is -2.23. The highest BCUT2D eigenvalue weighted by Gasteiger charge is 2.46. The van der Waals surface area contributed by atoms with Crippen molar-refractivity contribution in [1.82, 2.24) is 0 Å². The second-order valence-corrected chi connectivity index (χ2v) is 11.6. The number of hydrogen-bond donors (Lipinski definition) is 1. The zero-order chi connectivity index (χ0) is 24.6. The van der Waals surface area contributed by atoms with Crippen LogP contribution >= 0.6 is 23.5 Å². The first kappa shape index (κ1) is 27.2. The molecule has 6 nitrogen and oxygen atoms in total. The summed E-state index contributed by atoms with van der Waals surface area (Å²) in [5, 5.41) is 10.5. The van der Waals surface area contributed by atoms with Crippen molar-refractivity contribution in [1.29, 1.82) is 0 Å². The Balaban J connectivity index is 1.35. The molecule has 34 heavy (non-hydrogen) atoms. The summed E-state index contributed by atoms with van der Waals surface area (Å²) in [7, 11) is 0. The molecule has 1 aliphatic heterocycles. The van der Waals surface area contributed by atoms with Crippen molar-refractivity contribution >= 4 is 35.3 Å². The van der Waals surface area contributed by atoms with Gasteiger partial charge in [0.1, 0.15) is 16.4 Å². The van der Waals surface area contributed by atoms with Gasteiger partial charge in [-0.05, 0) is 69.8 Å². The predicted octanol–water partition coefficient (Wildman–Crippen LogP) is 5.63. The molecule has 1 spiro atoms. The van der Waals surface area contributed by atoms with Crippen molar-refractivity contribution in [3.8, 4) is 11.5 Å². The van der Waals surface area contributed by atoms with Gasteiger partial charge in [0, 0.05) is 23.5 Å². The van der Waals surface area contributed by atoms with Gasteiger partial charge < -0.3 is 19.3 Å². The van der Waals surface area contributed by atoms with Gasteiger partial charge in [-0.2, -0.15) is 11.8 Å². The van der Waals surface area contributed by atoms with E-state index in [0.29, 0.717) is 43.3 Å². The van der Waals surface area contributed by atoms with Crippen molar-refractivity contribution in [3.05, 3.63) is 23.3 Å². The second kappa shape index (κ2) is 13.1. The Kier molecular flexibility index (Phi) is 10.5. The second-order valence-electron chi connectivity index (χ2n) is 9.10. The fourth-order valence-electron chi connectivity index (χ4n) is 4.72. The van der Waals surface area contributed by atoms with Gasteiger partial charge in [-0.1, -0.05) is 13.3 Å². The lowest BCUT2D eigenvalue weighted by atomic mass is 10.0. The van der Waals surface area contributed by atoms with E-state index in [1.807, 2.05) is 37.4 Å². The minimum Gasteiger partial charge on any atom is -0.507 e. The summed E-state index contributed by atoms with van der Waals surface area (Å²) in [5.41, 5.74) is 1.08. The number of phenols is 1. The molecule has 3 unspecified atom stereocenters. The SMILES string of the molecule is CCCc1c(OCCCSCC2CSC3(CCC(CC(=O)OCC)C3)O2)ccc(C(C)=O)c1O. The van der Waals surface area contributed by atoms with E-state index in [1.54, 1.807) is 12.1 Å². The third-order valence-corrected chi connectivity index (χ3v) is 9.04. The van der Waals surface area contributed by atoms with Crippen molar-refractivity contribution < 1.29 is 28.9 Å². The number of ketones is 1. The number of thioether (sulfide) groups is 2. The largest absolute Gasteiger partial charge is 0.507 e. The van der Waals surface area contributed by atoms with Crippen molar-refractivity contribution in [2.75, 3.05) is 30.5 Å². The van der Waals surface area contributed by atoms with Gasteiger partial charge in [0.15, 0.2) is 5.78 Å². The molecule has 1 aromatic carbocycles. The van der Waals surface area contributed by atoms with E-state index < -0.39 is 0 Å². The molecule has 1 N–H and O–H groups in total. The van der Waals surface area contributed by atoms with Crippen LogP contribution in [0.1, 0.15) is 75.2 Å². The highest BCUT2D eigenvalue weighted by atomic mass is 32.2. The lowest BCUT2D eigenvalue weighted by molar-refractivity contribution is -0.144. The van der Waals surface area contributed by atoms with Crippen molar-refractivity contribution in [2.24, 2.45) is 5.92 Å². The third kappa shape index (κ3) is 7.31. The van der Waals surface area contributed by atoms with Crippen LogP contribution < -0.4 is 4.74 Å². The van der Waals surface area contributed by atoms with E-state index in [9.17, 15) is 14.7 Å². The summed E-state index contributed by atoms with van der Waals surface area (Å²) in [5.74, 6) is 3.82. The van der Waals surface area contributed by atoms with Crippen molar-refractivity contribution in [2.45, 2.75) is 76.8 Å². The molecule has 3 atom stereocenters. The van der Waals surface area contributed by atoms with Gasteiger partial charge in [0.25, 0.3) is 0 Å². The Labute approximate surface area is 211 Å². The molecule has 2 aliphatic rings. The lowest BCUT2D eigenvalue weighted by Crippen LogP contribution is -2.25. The Hall–Kier alpha value is -1.38. The third-order valence-electron chi connectivity index (χ3n) is 6.32. The molecule has 190 valence electrons. The number of ether oxygens (including phenoxy) is 3. The highest BCUT2D eigenvalue weighted by molar-refractivity contribution is 8.01. The summed E-state index contributed by atoms with van der Waals surface area (Å²) < 4.78 is 17.5. The molecular weight excluding hydrogens is 472 g/mol. The number of Topliss-reactive ketones (excluding diaryl/α,β-unsaturated/α-hetero) is 1. The molecule has 2 fully saturated rings. The topological polar surface area (TPSA) is 82.1 Å². The van der Waals surface area contributed by atoms with E-state index in [2.05, 4.69) is 0 Å². The van der Waals surface area contributed by atoms with Crippen LogP contribution in [0.2, 0.25) is 0 Å². The van der Waals surface area contributed by atoms with E-state index >= 15 is 0 Å². The minimum atomic E-state index is -0.140. The molecule has 0 aromatic heterocycles. The fourth-order valence-corrected chi connectivity index (χ4v) is 7.30. The zero-order valence-corrected chi connectivity index (χ0v) is 22.2. The predicted molar refractivity (Wildman–Crippen MR) is 138 cm³/mol. The molecule has 1 aliphatic carbocycles. The van der Waals surface area contributed by atoms with Crippen LogP contribution in [0.5, 0.6) is 11.5 Å². The summed E-state index contributed by atoms with van der Waals surface area (Å²) >= 11 is 3.80. The number of benzene rings is 1. The molecule has 1 aromatic rings. The van der Waals surface area contributed by atoms with Gasteiger partial charge in [-0.3, -0.25) is 9.59 Å². The maximum atomic E-state index is 11.8.